The fourth-order valence-electron chi connectivity index (χ4n) is 0.444. The average Bonchev–Trinajstić information content (AvgIpc) is 1.58. The molecule has 0 aliphatic heterocycles. The maximum absolute atomic E-state index is 11.9. The third-order valence-electron chi connectivity index (χ3n) is 0.810. The van der Waals surface area contributed by atoms with Gasteiger partial charge < -0.3 is 0 Å². The molecule has 61 valence electrons. The largest absolute Gasteiger partial charge is 0.313 e. The summed E-state index contributed by atoms with van der Waals surface area (Å²) >= 11 is 0. The molecule has 0 aliphatic rings. The van der Waals surface area contributed by atoms with Gasteiger partial charge in [-0.15, -0.1) is 0 Å². The Bertz CT molecular complexity index is 72.1. The summed E-state index contributed by atoms with van der Waals surface area (Å²) in [4.78, 5) is 0. The van der Waals surface area contributed by atoms with Crippen LogP contribution in [0.15, 0.2) is 0 Å². The zero-order valence-corrected chi connectivity index (χ0v) is 4.96. The minimum atomic E-state index is -2.85. The van der Waals surface area contributed by atoms with Gasteiger partial charge in [0, 0.05) is 12.8 Å². The highest BCUT2D eigenvalue weighted by Crippen LogP contribution is 2.19. The van der Waals surface area contributed by atoms with Crippen LogP contribution in [0.1, 0.15) is 12.8 Å². The Morgan fingerprint density at radius 3 is 1.90 bits per heavy atom. The highest BCUT2D eigenvalue weighted by Gasteiger charge is 2.19. The number of rotatable bonds is 4. The van der Waals surface area contributed by atoms with E-state index >= 15 is 0 Å². The van der Waals surface area contributed by atoms with Crippen molar-refractivity contribution >= 4 is 0 Å². The minimum Gasteiger partial charge on any atom is -0.247 e. The van der Waals surface area contributed by atoms with Crippen LogP contribution in [0, 0.1) is 6.43 Å². The Hall–Kier alpha value is -0.350. The van der Waals surface area contributed by atoms with Gasteiger partial charge in [-0.2, -0.15) is 8.78 Å². The summed E-state index contributed by atoms with van der Waals surface area (Å²) in [5.41, 5.74) is 0. The molecule has 0 aliphatic carbocycles. The van der Waals surface area contributed by atoms with Crippen molar-refractivity contribution in [3.05, 3.63) is 6.43 Å². The number of halogens is 5. The summed E-state index contributed by atoms with van der Waals surface area (Å²) in [6.45, 7) is 0. The molecule has 0 bridgehead atoms. The average molecular weight is 161 g/mol. The quantitative estimate of drug-likeness (QED) is 0.556. The topological polar surface area (TPSA) is 0 Å². The number of alkyl halides is 3. The molecule has 0 spiro atoms. The minimum absolute atomic E-state index is 1.11. The Labute approximate surface area is 55.0 Å². The molecule has 1 unspecified atom stereocenters. The maximum Gasteiger partial charge on any atom is 0.313 e. The van der Waals surface area contributed by atoms with Gasteiger partial charge in [0.2, 0.25) is 6.43 Å². The van der Waals surface area contributed by atoms with Crippen LogP contribution >= 0.6 is 0 Å². The molecular weight excluding hydrogens is 155 g/mol. The van der Waals surface area contributed by atoms with Gasteiger partial charge in [-0.1, -0.05) is 0 Å². The van der Waals surface area contributed by atoms with Gasteiger partial charge in [0.05, 0.1) is 0 Å². The first kappa shape index (κ1) is 9.65. The van der Waals surface area contributed by atoms with Crippen LogP contribution < -0.4 is 0 Å². The highest BCUT2D eigenvalue weighted by atomic mass is 19.3. The summed E-state index contributed by atoms with van der Waals surface area (Å²) in [7, 11) is 0. The lowest BCUT2D eigenvalue weighted by molar-refractivity contribution is 0.0877. The molecule has 0 aromatic carbocycles. The Morgan fingerprint density at radius 2 is 1.60 bits per heavy atom. The lowest BCUT2D eigenvalue weighted by Gasteiger charge is -2.03. The monoisotopic (exact) mass is 161 g/mol. The van der Waals surface area contributed by atoms with E-state index < -0.39 is 31.9 Å². The van der Waals surface area contributed by atoms with Gasteiger partial charge in [0.15, 0.2) is 0 Å². The van der Waals surface area contributed by atoms with E-state index in [4.69, 9.17) is 0 Å². The zero-order valence-electron chi connectivity index (χ0n) is 4.96. The molecule has 0 rings (SSSR count). The van der Waals surface area contributed by atoms with Crippen LogP contribution in [0.5, 0.6) is 0 Å². The number of hydrogen-bond acceptors (Lipinski definition) is 0. The first-order valence-electron chi connectivity index (χ1n) is 2.61. The molecule has 0 N–H and O–H groups in total. The SMILES string of the molecule is F[C](F)CC(F)CC(F)F. The second kappa shape index (κ2) is 4.46. The van der Waals surface area contributed by atoms with E-state index in [0.717, 1.165) is 0 Å². The van der Waals surface area contributed by atoms with Crippen molar-refractivity contribution in [3.63, 3.8) is 0 Å². The van der Waals surface area contributed by atoms with Crippen molar-refractivity contribution in [3.8, 4) is 0 Å². The lowest BCUT2D eigenvalue weighted by Crippen LogP contribution is -2.07. The molecule has 1 radical (unpaired) electrons. The Balaban J connectivity index is 3.34. The summed E-state index contributed by atoms with van der Waals surface area (Å²) in [5.74, 6) is 0. The first-order chi connectivity index (χ1) is 4.52. The van der Waals surface area contributed by atoms with Gasteiger partial charge in [-0.3, -0.25) is 0 Å². The molecular formula is C5H6F5. The van der Waals surface area contributed by atoms with Crippen molar-refractivity contribution in [2.75, 3.05) is 0 Å². The van der Waals surface area contributed by atoms with E-state index in [-0.39, 0.29) is 0 Å². The van der Waals surface area contributed by atoms with E-state index in [2.05, 4.69) is 0 Å². The van der Waals surface area contributed by atoms with Gasteiger partial charge in [-0.05, 0) is 0 Å². The Morgan fingerprint density at radius 1 is 1.10 bits per heavy atom. The second-order valence-corrected chi connectivity index (χ2v) is 1.77. The molecule has 0 heterocycles. The molecule has 10 heavy (non-hydrogen) atoms. The predicted octanol–water partition coefficient (Wildman–Crippen LogP) is 2.80. The molecule has 0 amide bonds. The molecule has 0 nitrogen and oxygen atoms in total. The summed E-state index contributed by atoms with van der Waals surface area (Å²) in [5, 5.41) is 0. The molecule has 1 atom stereocenters. The molecule has 0 aromatic heterocycles. The standard InChI is InChI=1S/C5H6F5/c6-3(1-4(7)8)2-5(9)10/h3-4H,1-2H2. The predicted molar refractivity (Wildman–Crippen MR) is 25.6 cm³/mol. The molecule has 0 saturated carbocycles. The van der Waals surface area contributed by atoms with Gasteiger partial charge in [0.25, 0.3) is 0 Å². The van der Waals surface area contributed by atoms with E-state index in [1.807, 2.05) is 0 Å². The van der Waals surface area contributed by atoms with Gasteiger partial charge in [-0.25, -0.2) is 13.2 Å². The fraction of sp³-hybridized carbons (Fsp3) is 0.800. The summed E-state index contributed by atoms with van der Waals surface area (Å²) < 4.78 is 56.7. The van der Waals surface area contributed by atoms with Crippen LogP contribution in [-0.2, 0) is 0 Å². The molecule has 5 heteroatoms. The van der Waals surface area contributed by atoms with Crippen molar-refractivity contribution in [1.82, 2.24) is 0 Å². The van der Waals surface area contributed by atoms with Crippen LogP contribution in [0.4, 0.5) is 22.0 Å². The van der Waals surface area contributed by atoms with E-state index in [1.54, 1.807) is 0 Å². The van der Waals surface area contributed by atoms with Crippen LogP contribution in [-0.4, -0.2) is 12.6 Å². The first-order valence-corrected chi connectivity index (χ1v) is 2.61. The second-order valence-electron chi connectivity index (χ2n) is 1.77. The third kappa shape index (κ3) is 5.78. The smallest absolute Gasteiger partial charge is 0.247 e. The van der Waals surface area contributed by atoms with E-state index in [1.165, 1.54) is 0 Å². The lowest BCUT2D eigenvalue weighted by atomic mass is 10.2. The highest BCUT2D eigenvalue weighted by molar-refractivity contribution is 4.68. The number of hydrogen-bond donors (Lipinski definition) is 0. The third-order valence-corrected chi connectivity index (χ3v) is 0.810. The molecule has 0 fully saturated rings. The zero-order chi connectivity index (χ0) is 8.15. The summed E-state index contributed by atoms with van der Waals surface area (Å²) in [6.07, 6.45) is -9.41. The van der Waals surface area contributed by atoms with Crippen LogP contribution in [0.2, 0.25) is 0 Å². The molecule has 0 aromatic rings. The summed E-state index contributed by atoms with van der Waals surface area (Å²) in [6, 6.07) is 0. The van der Waals surface area contributed by atoms with Crippen molar-refractivity contribution in [2.24, 2.45) is 0 Å². The van der Waals surface area contributed by atoms with Crippen molar-refractivity contribution < 1.29 is 22.0 Å². The van der Waals surface area contributed by atoms with Crippen molar-refractivity contribution in [2.45, 2.75) is 25.4 Å². The fourth-order valence-corrected chi connectivity index (χ4v) is 0.444. The van der Waals surface area contributed by atoms with E-state index in [9.17, 15) is 22.0 Å². The van der Waals surface area contributed by atoms with Gasteiger partial charge >= 0.3 is 6.43 Å². The van der Waals surface area contributed by atoms with Crippen LogP contribution in [0.25, 0.3) is 0 Å². The van der Waals surface area contributed by atoms with Gasteiger partial charge in [0.1, 0.15) is 6.17 Å². The molecule has 0 saturated heterocycles. The van der Waals surface area contributed by atoms with Crippen LogP contribution in [0.3, 0.4) is 0 Å². The van der Waals surface area contributed by atoms with Crippen molar-refractivity contribution in [1.29, 1.82) is 0 Å². The normalized spacial score (nSPS) is 12.0. The Kier molecular flexibility index (Phi) is 4.31. The van der Waals surface area contributed by atoms with E-state index in [0.29, 0.717) is 0 Å². The maximum atomic E-state index is 11.9.